The van der Waals surface area contributed by atoms with E-state index in [2.05, 4.69) is 37.7 Å². The van der Waals surface area contributed by atoms with Crippen molar-refractivity contribution >= 4 is 17.5 Å². The molecule has 0 bridgehead atoms. The lowest BCUT2D eigenvalue weighted by Gasteiger charge is -2.11. The Morgan fingerprint density at radius 3 is 2.67 bits per heavy atom. The summed E-state index contributed by atoms with van der Waals surface area (Å²) in [6.07, 6.45) is 7.20. The third kappa shape index (κ3) is 2.87. The lowest BCUT2D eigenvalue weighted by Crippen LogP contribution is -2.05. The summed E-state index contributed by atoms with van der Waals surface area (Å²) in [5.74, 6) is 1.35. The van der Waals surface area contributed by atoms with E-state index < -0.39 is 0 Å². The van der Waals surface area contributed by atoms with Crippen LogP contribution in [0.5, 0.6) is 0 Å². The Labute approximate surface area is 156 Å². The summed E-state index contributed by atoms with van der Waals surface area (Å²) < 4.78 is 0. The Morgan fingerprint density at radius 2 is 1.74 bits per heavy atom. The van der Waals surface area contributed by atoms with Crippen LogP contribution in [0.2, 0.25) is 0 Å². The molecule has 6 nitrogen and oxygen atoms in total. The van der Waals surface area contributed by atoms with Crippen molar-refractivity contribution < 1.29 is 0 Å². The van der Waals surface area contributed by atoms with E-state index in [1.54, 1.807) is 18.6 Å². The van der Waals surface area contributed by atoms with Crippen LogP contribution in [0.3, 0.4) is 0 Å². The molecule has 0 atom stereocenters. The minimum atomic E-state index is 0.588. The molecule has 1 aromatic carbocycles. The van der Waals surface area contributed by atoms with Crippen LogP contribution < -0.4 is 10.6 Å². The number of nitrogens with one attached hydrogen (secondary N) is 2. The van der Waals surface area contributed by atoms with Crippen LogP contribution in [0.25, 0.3) is 22.4 Å². The number of aromatic nitrogens is 4. The molecule has 0 saturated carbocycles. The van der Waals surface area contributed by atoms with Crippen molar-refractivity contribution in [3.05, 3.63) is 78.9 Å². The van der Waals surface area contributed by atoms with Gasteiger partial charge in [0.2, 0.25) is 5.95 Å². The fourth-order valence-electron chi connectivity index (χ4n) is 3.20. The van der Waals surface area contributed by atoms with Gasteiger partial charge in [0.25, 0.3) is 0 Å². The van der Waals surface area contributed by atoms with Gasteiger partial charge in [0, 0.05) is 41.8 Å². The molecule has 0 radical (unpaired) electrons. The van der Waals surface area contributed by atoms with E-state index in [9.17, 15) is 0 Å². The molecule has 1 aliphatic heterocycles. The molecular formula is C21H16N6. The SMILES string of the molecule is c1ccc(CNc2ncc3c(n2)-c2cccnc2Nc2cnccc2-3)cc1. The van der Waals surface area contributed by atoms with Crippen LogP contribution in [0.1, 0.15) is 5.56 Å². The first kappa shape index (κ1) is 15.5. The number of hydrogen-bond acceptors (Lipinski definition) is 6. The summed E-state index contributed by atoms with van der Waals surface area (Å²) in [5.41, 5.74) is 5.82. The highest BCUT2D eigenvalue weighted by molar-refractivity contribution is 5.95. The quantitative estimate of drug-likeness (QED) is 0.505. The molecule has 0 aliphatic carbocycles. The maximum absolute atomic E-state index is 4.81. The molecule has 0 saturated heterocycles. The van der Waals surface area contributed by atoms with Gasteiger partial charge in [-0.1, -0.05) is 30.3 Å². The van der Waals surface area contributed by atoms with Crippen LogP contribution in [0.4, 0.5) is 17.5 Å². The Bertz CT molecular complexity index is 1110. The van der Waals surface area contributed by atoms with Crippen LogP contribution in [-0.2, 0) is 6.54 Å². The molecule has 130 valence electrons. The second-order valence-electron chi connectivity index (χ2n) is 6.24. The number of anilines is 3. The Kier molecular flexibility index (Phi) is 3.72. The van der Waals surface area contributed by atoms with Gasteiger partial charge in [-0.2, -0.15) is 0 Å². The lowest BCUT2D eigenvalue weighted by atomic mass is 10.0. The first-order valence-corrected chi connectivity index (χ1v) is 8.70. The number of fused-ring (bicyclic) bond motifs is 5. The van der Waals surface area contributed by atoms with Crippen molar-refractivity contribution in [1.82, 2.24) is 19.9 Å². The molecular weight excluding hydrogens is 336 g/mol. The minimum absolute atomic E-state index is 0.588. The van der Waals surface area contributed by atoms with Crippen molar-refractivity contribution in [2.75, 3.05) is 10.6 Å². The number of rotatable bonds is 3. The van der Waals surface area contributed by atoms with Crippen LogP contribution in [0.15, 0.2) is 73.3 Å². The highest BCUT2D eigenvalue weighted by atomic mass is 15.1. The molecule has 4 heterocycles. The summed E-state index contributed by atoms with van der Waals surface area (Å²) in [6.45, 7) is 0.665. The van der Waals surface area contributed by atoms with E-state index >= 15 is 0 Å². The van der Waals surface area contributed by atoms with Gasteiger partial charge in [-0.3, -0.25) is 4.98 Å². The van der Waals surface area contributed by atoms with Crippen molar-refractivity contribution in [1.29, 1.82) is 0 Å². The van der Waals surface area contributed by atoms with Crippen molar-refractivity contribution in [2.24, 2.45) is 0 Å². The summed E-state index contributed by atoms with van der Waals surface area (Å²) >= 11 is 0. The Balaban J connectivity index is 1.59. The predicted octanol–water partition coefficient (Wildman–Crippen LogP) is 4.27. The van der Waals surface area contributed by atoms with Gasteiger partial charge < -0.3 is 10.6 Å². The fourth-order valence-corrected chi connectivity index (χ4v) is 3.20. The molecule has 0 amide bonds. The first-order chi connectivity index (χ1) is 13.4. The van der Waals surface area contributed by atoms with Gasteiger partial charge in [-0.25, -0.2) is 15.0 Å². The molecule has 0 unspecified atom stereocenters. The third-order valence-corrected chi connectivity index (χ3v) is 4.51. The zero-order chi connectivity index (χ0) is 18.1. The normalized spacial score (nSPS) is 11.4. The number of pyridine rings is 2. The Morgan fingerprint density at radius 1 is 0.815 bits per heavy atom. The van der Waals surface area contributed by atoms with Gasteiger partial charge >= 0.3 is 0 Å². The van der Waals surface area contributed by atoms with Gasteiger partial charge in [0.05, 0.1) is 17.6 Å². The van der Waals surface area contributed by atoms with Gasteiger partial charge in [0.1, 0.15) is 5.82 Å². The highest BCUT2D eigenvalue weighted by Crippen LogP contribution is 2.41. The standard InChI is InChI=1S/C21H16N6/c1-2-5-14(6-3-1)11-24-21-25-12-17-15-8-10-22-13-18(15)26-20-16(19(17)27-21)7-4-9-23-20/h1-10,12-13H,11H2,(H,23,26)(H,24,25,27). The van der Waals surface area contributed by atoms with Crippen molar-refractivity contribution in [3.63, 3.8) is 0 Å². The molecule has 0 spiro atoms. The average molecular weight is 352 g/mol. The zero-order valence-electron chi connectivity index (χ0n) is 14.4. The summed E-state index contributed by atoms with van der Waals surface area (Å²) in [6, 6.07) is 16.1. The van der Waals surface area contributed by atoms with E-state index in [-0.39, 0.29) is 0 Å². The van der Waals surface area contributed by atoms with Gasteiger partial charge in [-0.15, -0.1) is 0 Å². The van der Waals surface area contributed by atoms with Crippen molar-refractivity contribution in [2.45, 2.75) is 6.54 Å². The fraction of sp³-hybridized carbons (Fsp3) is 0.0476. The number of benzene rings is 1. The largest absolute Gasteiger partial charge is 0.350 e. The van der Waals surface area contributed by atoms with Crippen LogP contribution in [-0.4, -0.2) is 19.9 Å². The lowest BCUT2D eigenvalue weighted by molar-refractivity contribution is 1.06. The molecule has 2 N–H and O–H groups in total. The first-order valence-electron chi connectivity index (χ1n) is 8.70. The smallest absolute Gasteiger partial charge is 0.223 e. The average Bonchev–Trinajstić information content (AvgIpc) is 2.87. The van der Waals surface area contributed by atoms with E-state index in [0.717, 1.165) is 33.9 Å². The van der Waals surface area contributed by atoms with Crippen LogP contribution >= 0.6 is 0 Å². The maximum Gasteiger partial charge on any atom is 0.223 e. The number of nitrogens with zero attached hydrogens (tertiary/aromatic N) is 4. The topological polar surface area (TPSA) is 75.6 Å². The van der Waals surface area contributed by atoms with E-state index in [0.29, 0.717) is 12.5 Å². The molecule has 3 aromatic heterocycles. The maximum atomic E-state index is 4.81. The molecule has 0 fully saturated rings. The van der Waals surface area contributed by atoms with E-state index in [4.69, 9.17) is 4.98 Å². The molecule has 5 rings (SSSR count). The minimum Gasteiger partial charge on any atom is -0.350 e. The van der Waals surface area contributed by atoms with Gasteiger partial charge in [-0.05, 0) is 23.8 Å². The summed E-state index contributed by atoms with van der Waals surface area (Å²) in [4.78, 5) is 18.0. The summed E-state index contributed by atoms with van der Waals surface area (Å²) in [7, 11) is 0. The molecule has 4 aromatic rings. The van der Waals surface area contributed by atoms with Crippen LogP contribution in [0, 0.1) is 0 Å². The molecule has 1 aliphatic rings. The third-order valence-electron chi connectivity index (χ3n) is 4.51. The molecule has 27 heavy (non-hydrogen) atoms. The van der Waals surface area contributed by atoms with E-state index in [1.807, 2.05) is 42.6 Å². The number of hydrogen-bond donors (Lipinski definition) is 2. The second-order valence-corrected chi connectivity index (χ2v) is 6.24. The summed E-state index contributed by atoms with van der Waals surface area (Å²) in [5, 5.41) is 6.68. The molecule has 6 heteroatoms. The second kappa shape index (κ2) is 6.49. The monoisotopic (exact) mass is 352 g/mol. The zero-order valence-corrected chi connectivity index (χ0v) is 14.4. The van der Waals surface area contributed by atoms with Crippen molar-refractivity contribution in [3.8, 4) is 22.4 Å². The predicted molar refractivity (Wildman–Crippen MR) is 106 cm³/mol. The van der Waals surface area contributed by atoms with Gasteiger partial charge in [0.15, 0.2) is 0 Å². The van der Waals surface area contributed by atoms with E-state index in [1.165, 1.54) is 5.56 Å². The Hall–Kier alpha value is -3.80. The highest BCUT2D eigenvalue weighted by Gasteiger charge is 2.21.